The van der Waals surface area contributed by atoms with Gasteiger partial charge in [0, 0.05) is 15.7 Å². The molecule has 0 atom stereocenters. The molecule has 0 radical (unpaired) electrons. The number of halogens is 1. The van der Waals surface area contributed by atoms with E-state index in [-0.39, 0.29) is 19.1 Å². The lowest BCUT2D eigenvalue weighted by molar-refractivity contribution is -0.115. The van der Waals surface area contributed by atoms with Crippen LogP contribution in [0.1, 0.15) is 5.56 Å². The normalized spacial score (nSPS) is 13.9. The molecule has 5 heteroatoms. The van der Waals surface area contributed by atoms with E-state index in [0.29, 0.717) is 0 Å². The van der Waals surface area contributed by atoms with Gasteiger partial charge in [-0.15, -0.1) is 0 Å². The van der Waals surface area contributed by atoms with Crippen molar-refractivity contribution in [3.05, 3.63) is 52.5 Å². The van der Waals surface area contributed by atoms with Crippen molar-refractivity contribution in [2.24, 2.45) is 0 Å². The lowest BCUT2D eigenvalue weighted by Gasteiger charge is -2.32. The van der Waals surface area contributed by atoms with Gasteiger partial charge in [0.25, 0.3) is 0 Å². The second-order valence-corrected chi connectivity index (χ2v) is 5.50. The number of nitrogens with zero attached hydrogens (tertiary/aromatic N) is 1. The van der Waals surface area contributed by atoms with Gasteiger partial charge in [-0.2, -0.15) is 0 Å². The van der Waals surface area contributed by atoms with E-state index in [1.54, 1.807) is 0 Å². The number of amides is 1. The molecule has 0 aromatic heterocycles. The zero-order valence-electron chi connectivity index (χ0n) is 10.6. The van der Waals surface area contributed by atoms with Crippen LogP contribution >= 0.6 is 15.9 Å². The molecule has 0 saturated carbocycles. The minimum absolute atomic E-state index is 0.0624. The molecule has 20 heavy (non-hydrogen) atoms. The smallest absolute Gasteiger partial charge is 0.244 e. The number of fused-ring (bicyclic) bond motifs is 1. The molecule has 1 aliphatic heterocycles. The lowest BCUT2D eigenvalue weighted by atomic mass is 10.1. The molecule has 2 aromatic rings. The van der Waals surface area contributed by atoms with Gasteiger partial charge >= 0.3 is 0 Å². The fourth-order valence-electron chi connectivity index (χ4n) is 2.37. The van der Waals surface area contributed by atoms with Gasteiger partial charge in [-0.25, -0.2) is 0 Å². The van der Waals surface area contributed by atoms with E-state index in [4.69, 9.17) is 0 Å². The Balaban J connectivity index is 2.15. The first-order valence-corrected chi connectivity index (χ1v) is 7.04. The number of aliphatic hydroxyl groups excluding tert-OH is 1. The zero-order chi connectivity index (χ0) is 14.1. The van der Waals surface area contributed by atoms with Crippen molar-refractivity contribution in [1.82, 2.24) is 0 Å². The van der Waals surface area contributed by atoms with E-state index < -0.39 is 0 Å². The molecule has 1 aliphatic rings. The summed E-state index contributed by atoms with van der Waals surface area (Å²) in [6.07, 6.45) is 0. The van der Waals surface area contributed by atoms with E-state index in [1.807, 2.05) is 47.4 Å². The van der Waals surface area contributed by atoms with Crippen LogP contribution in [0, 0.1) is 0 Å². The zero-order valence-corrected chi connectivity index (χ0v) is 12.2. The third-order valence-corrected chi connectivity index (χ3v) is 3.77. The summed E-state index contributed by atoms with van der Waals surface area (Å²) in [4.78, 5) is 13.8. The number of hydrogen-bond donors (Lipinski definition) is 2. The van der Waals surface area contributed by atoms with Gasteiger partial charge in [-0.05, 0) is 24.3 Å². The highest BCUT2D eigenvalue weighted by Gasteiger charge is 2.24. The molecule has 102 valence electrons. The Hall–Kier alpha value is -1.85. The number of aliphatic hydroxyl groups is 1. The molecule has 0 saturated heterocycles. The van der Waals surface area contributed by atoms with Crippen molar-refractivity contribution in [3.63, 3.8) is 0 Å². The molecular weight excluding hydrogens is 320 g/mol. The number of para-hydroxylation sites is 2. The molecule has 0 spiro atoms. The topological polar surface area (TPSA) is 52.6 Å². The summed E-state index contributed by atoms with van der Waals surface area (Å²) in [5.74, 6) is -0.0624. The molecule has 3 rings (SSSR count). The van der Waals surface area contributed by atoms with Gasteiger partial charge in [0.05, 0.1) is 18.0 Å². The minimum atomic E-state index is -0.0666. The second kappa shape index (κ2) is 5.26. The predicted molar refractivity (Wildman–Crippen MR) is 82.1 cm³/mol. The summed E-state index contributed by atoms with van der Waals surface area (Å²) in [5.41, 5.74) is 3.34. The van der Waals surface area contributed by atoms with Crippen molar-refractivity contribution in [1.29, 1.82) is 0 Å². The lowest BCUT2D eigenvalue weighted by Crippen LogP contribution is -2.35. The first-order valence-electron chi connectivity index (χ1n) is 6.25. The molecule has 0 unspecified atom stereocenters. The van der Waals surface area contributed by atoms with Crippen LogP contribution in [0.5, 0.6) is 0 Å². The van der Waals surface area contributed by atoms with Crippen LogP contribution in [0.15, 0.2) is 46.9 Å². The number of carbonyl (C=O) groups excluding carboxylic acids is 1. The molecule has 1 heterocycles. The molecular formula is C15H13BrN2O2. The average Bonchev–Trinajstić information content (AvgIpc) is 2.46. The summed E-state index contributed by atoms with van der Waals surface area (Å²) in [6.45, 7) is 0.170. The number of carbonyl (C=O) groups is 1. The van der Waals surface area contributed by atoms with Gasteiger partial charge in [-0.1, -0.05) is 34.1 Å². The Morgan fingerprint density at radius 3 is 2.80 bits per heavy atom. The maximum atomic E-state index is 11.9. The largest absolute Gasteiger partial charge is 0.392 e. The van der Waals surface area contributed by atoms with Gasteiger partial charge < -0.3 is 15.3 Å². The number of anilines is 3. The van der Waals surface area contributed by atoms with Crippen molar-refractivity contribution in [3.8, 4) is 0 Å². The van der Waals surface area contributed by atoms with E-state index in [9.17, 15) is 9.90 Å². The Bertz CT molecular complexity index is 673. The Kier molecular flexibility index (Phi) is 3.46. The summed E-state index contributed by atoms with van der Waals surface area (Å²) < 4.78 is 0.910. The predicted octanol–water partition coefficient (Wildman–Crippen LogP) is 3.03. The third kappa shape index (κ3) is 2.30. The molecule has 1 amide bonds. The quantitative estimate of drug-likeness (QED) is 0.888. The van der Waals surface area contributed by atoms with Gasteiger partial charge in [0.2, 0.25) is 5.91 Å². The Morgan fingerprint density at radius 2 is 2.00 bits per heavy atom. The fraction of sp³-hybridized carbons (Fsp3) is 0.133. The molecule has 0 aliphatic carbocycles. The van der Waals surface area contributed by atoms with E-state index >= 15 is 0 Å². The van der Waals surface area contributed by atoms with E-state index in [2.05, 4.69) is 21.2 Å². The van der Waals surface area contributed by atoms with Crippen LogP contribution in [0.3, 0.4) is 0 Å². The number of nitrogens with one attached hydrogen (secondary N) is 1. The van der Waals surface area contributed by atoms with Crippen LogP contribution in [0.25, 0.3) is 0 Å². The van der Waals surface area contributed by atoms with E-state index in [0.717, 1.165) is 27.1 Å². The average molecular weight is 333 g/mol. The third-order valence-electron chi connectivity index (χ3n) is 3.28. The summed E-state index contributed by atoms with van der Waals surface area (Å²) in [5, 5.41) is 12.4. The molecule has 0 bridgehead atoms. The maximum Gasteiger partial charge on any atom is 0.244 e. The molecule has 2 aromatic carbocycles. The highest BCUT2D eigenvalue weighted by atomic mass is 79.9. The van der Waals surface area contributed by atoms with Gasteiger partial charge in [0.1, 0.15) is 6.54 Å². The molecule has 0 fully saturated rings. The van der Waals surface area contributed by atoms with E-state index in [1.165, 1.54) is 0 Å². The van der Waals surface area contributed by atoms with Crippen LogP contribution in [0.2, 0.25) is 0 Å². The van der Waals surface area contributed by atoms with Crippen molar-refractivity contribution < 1.29 is 9.90 Å². The number of hydrogen-bond acceptors (Lipinski definition) is 3. The first-order chi connectivity index (χ1) is 9.69. The summed E-state index contributed by atoms with van der Waals surface area (Å²) >= 11 is 3.44. The minimum Gasteiger partial charge on any atom is -0.392 e. The SMILES string of the molecule is O=C1CN(c2cc(Br)ccc2CO)c2ccccc2N1. The Morgan fingerprint density at radius 1 is 1.20 bits per heavy atom. The van der Waals surface area contributed by atoms with Gasteiger partial charge in [0.15, 0.2) is 0 Å². The van der Waals surface area contributed by atoms with Crippen LogP contribution < -0.4 is 10.2 Å². The fourth-order valence-corrected chi connectivity index (χ4v) is 2.72. The van der Waals surface area contributed by atoms with Crippen LogP contribution in [0.4, 0.5) is 17.1 Å². The van der Waals surface area contributed by atoms with Crippen molar-refractivity contribution in [2.75, 3.05) is 16.8 Å². The van der Waals surface area contributed by atoms with Crippen molar-refractivity contribution >= 4 is 38.9 Å². The summed E-state index contributed by atoms with van der Waals surface area (Å²) in [6, 6.07) is 13.3. The molecule has 2 N–H and O–H groups in total. The van der Waals surface area contributed by atoms with Gasteiger partial charge in [-0.3, -0.25) is 4.79 Å². The van der Waals surface area contributed by atoms with Crippen LogP contribution in [-0.2, 0) is 11.4 Å². The number of benzene rings is 2. The maximum absolute atomic E-state index is 11.9. The first kappa shape index (κ1) is 13.1. The summed E-state index contributed by atoms with van der Waals surface area (Å²) in [7, 11) is 0. The van der Waals surface area contributed by atoms with Crippen molar-refractivity contribution in [2.45, 2.75) is 6.61 Å². The highest BCUT2D eigenvalue weighted by Crippen LogP contribution is 2.37. The van der Waals surface area contributed by atoms with Crippen LogP contribution in [-0.4, -0.2) is 17.6 Å². The Labute approximate surface area is 125 Å². The highest BCUT2D eigenvalue weighted by molar-refractivity contribution is 9.10. The standard InChI is InChI=1S/C15H13BrN2O2/c16-11-6-5-10(9-19)14(7-11)18-8-15(20)17-12-3-1-2-4-13(12)18/h1-7,19H,8-9H2,(H,17,20). The monoisotopic (exact) mass is 332 g/mol. The molecule has 4 nitrogen and oxygen atoms in total. The number of rotatable bonds is 2. The second-order valence-electron chi connectivity index (χ2n) is 4.58.